The van der Waals surface area contributed by atoms with Gasteiger partial charge < -0.3 is 14.8 Å². The molecule has 1 aromatic rings. The van der Waals surface area contributed by atoms with Gasteiger partial charge in [-0.15, -0.1) is 11.3 Å². The first kappa shape index (κ1) is 18.4. The number of ether oxygens (including phenoxy) is 2. The second-order valence-electron chi connectivity index (χ2n) is 5.41. The van der Waals surface area contributed by atoms with Crippen LogP contribution in [0.5, 0.6) is 0 Å². The van der Waals surface area contributed by atoms with Gasteiger partial charge in [-0.2, -0.15) is 10.5 Å². The Labute approximate surface area is 137 Å². The van der Waals surface area contributed by atoms with Gasteiger partial charge in [-0.25, -0.2) is 14.6 Å². The number of aromatic nitrogens is 1. The van der Waals surface area contributed by atoms with E-state index < -0.39 is 30.3 Å². The van der Waals surface area contributed by atoms with Crippen molar-refractivity contribution in [2.24, 2.45) is 0 Å². The summed E-state index contributed by atoms with van der Waals surface area (Å²) < 4.78 is 9.83. The Morgan fingerprint density at radius 1 is 1.43 bits per heavy atom. The third-order valence-electron chi connectivity index (χ3n) is 2.30. The van der Waals surface area contributed by atoms with E-state index in [9.17, 15) is 9.59 Å². The quantitative estimate of drug-likeness (QED) is 0.808. The molecule has 0 aromatic carbocycles. The third kappa shape index (κ3) is 6.76. The standard InChI is InChI=1S/C14H16N4O4S/c1-14(2,3)22-13(20)18-10(12(19)21-5-4-15)6-11-17-9(7-16)8-23-11/h8,10H,5-6H2,1-3H3,(H,18,20)/t10-/m0/s1. The van der Waals surface area contributed by atoms with Crippen LogP contribution in [0.4, 0.5) is 4.79 Å². The van der Waals surface area contributed by atoms with Crippen LogP contribution in [0.15, 0.2) is 5.38 Å². The van der Waals surface area contributed by atoms with Crippen molar-refractivity contribution < 1.29 is 19.1 Å². The van der Waals surface area contributed by atoms with Crippen molar-refractivity contribution in [1.29, 1.82) is 10.5 Å². The normalized spacial score (nSPS) is 11.7. The van der Waals surface area contributed by atoms with E-state index in [4.69, 9.17) is 20.0 Å². The van der Waals surface area contributed by atoms with E-state index in [2.05, 4.69) is 10.3 Å². The van der Waals surface area contributed by atoms with Crippen molar-refractivity contribution in [1.82, 2.24) is 10.3 Å². The predicted octanol–water partition coefficient (Wildman–Crippen LogP) is 1.52. The average Bonchev–Trinajstić information content (AvgIpc) is 2.89. The second kappa shape index (κ2) is 8.11. The van der Waals surface area contributed by atoms with E-state index in [1.807, 2.05) is 6.07 Å². The zero-order valence-corrected chi connectivity index (χ0v) is 13.8. The molecule has 1 rings (SSSR count). The summed E-state index contributed by atoms with van der Waals surface area (Å²) in [4.78, 5) is 27.8. The third-order valence-corrected chi connectivity index (χ3v) is 3.17. The Kier molecular flexibility index (Phi) is 6.49. The van der Waals surface area contributed by atoms with Crippen molar-refractivity contribution in [3.8, 4) is 12.1 Å². The molecule has 0 saturated heterocycles. The Bertz CT molecular complexity index is 651. The lowest BCUT2D eigenvalue weighted by molar-refractivity contribution is -0.144. The molecule has 1 heterocycles. The maximum atomic E-state index is 12.0. The number of amides is 1. The lowest BCUT2D eigenvalue weighted by Gasteiger charge is -2.22. The number of carbonyl (C=O) groups is 2. The van der Waals surface area contributed by atoms with Crippen molar-refractivity contribution in [3.05, 3.63) is 16.1 Å². The largest absolute Gasteiger partial charge is 0.449 e. The molecule has 1 atom stereocenters. The van der Waals surface area contributed by atoms with Crippen LogP contribution in [0.1, 0.15) is 31.5 Å². The molecule has 23 heavy (non-hydrogen) atoms. The molecule has 0 fully saturated rings. The van der Waals surface area contributed by atoms with Gasteiger partial charge in [0.25, 0.3) is 0 Å². The summed E-state index contributed by atoms with van der Waals surface area (Å²) >= 11 is 1.19. The molecule has 122 valence electrons. The first-order valence-corrected chi connectivity index (χ1v) is 7.50. The first-order chi connectivity index (χ1) is 10.7. The molecule has 9 heteroatoms. The highest BCUT2D eigenvalue weighted by molar-refractivity contribution is 7.09. The van der Waals surface area contributed by atoms with E-state index in [-0.39, 0.29) is 12.1 Å². The maximum Gasteiger partial charge on any atom is 0.408 e. The van der Waals surface area contributed by atoms with Gasteiger partial charge in [-0.3, -0.25) is 0 Å². The van der Waals surface area contributed by atoms with Crippen LogP contribution in [0.3, 0.4) is 0 Å². The number of alkyl carbamates (subject to hydrolysis) is 1. The summed E-state index contributed by atoms with van der Waals surface area (Å²) in [6.45, 7) is 4.65. The van der Waals surface area contributed by atoms with Crippen molar-refractivity contribution in [2.45, 2.75) is 38.8 Å². The fourth-order valence-electron chi connectivity index (χ4n) is 1.48. The summed E-state index contributed by atoms with van der Waals surface area (Å²) in [7, 11) is 0. The molecule has 0 aliphatic carbocycles. The van der Waals surface area contributed by atoms with Gasteiger partial charge in [0.1, 0.15) is 23.8 Å². The molecule has 0 bridgehead atoms. The van der Waals surface area contributed by atoms with Crippen molar-refractivity contribution >= 4 is 23.4 Å². The van der Waals surface area contributed by atoms with Crippen molar-refractivity contribution in [3.63, 3.8) is 0 Å². The van der Waals surface area contributed by atoms with Crippen LogP contribution in [0, 0.1) is 22.7 Å². The average molecular weight is 336 g/mol. The van der Waals surface area contributed by atoms with Gasteiger partial charge in [0.15, 0.2) is 12.3 Å². The van der Waals surface area contributed by atoms with E-state index in [1.54, 1.807) is 32.2 Å². The number of nitriles is 2. The van der Waals surface area contributed by atoms with Crippen LogP contribution in [-0.4, -0.2) is 35.3 Å². The predicted molar refractivity (Wildman–Crippen MR) is 80.3 cm³/mol. The minimum atomic E-state index is -1.06. The van der Waals surface area contributed by atoms with Gasteiger partial charge in [0.05, 0.1) is 5.01 Å². The molecule has 0 unspecified atom stereocenters. The van der Waals surface area contributed by atoms with Gasteiger partial charge in [0.2, 0.25) is 0 Å². The number of nitrogens with zero attached hydrogens (tertiary/aromatic N) is 3. The zero-order valence-electron chi connectivity index (χ0n) is 13.0. The highest BCUT2D eigenvalue weighted by atomic mass is 32.1. The molecule has 8 nitrogen and oxygen atoms in total. The highest BCUT2D eigenvalue weighted by Crippen LogP contribution is 2.13. The number of nitrogens with one attached hydrogen (secondary N) is 1. The molecule has 0 aliphatic heterocycles. The summed E-state index contributed by atoms with van der Waals surface area (Å²) in [5, 5.41) is 21.7. The number of rotatable bonds is 5. The van der Waals surface area contributed by atoms with Crippen LogP contribution < -0.4 is 5.32 Å². The first-order valence-electron chi connectivity index (χ1n) is 6.62. The maximum absolute atomic E-state index is 12.0. The van der Waals surface area contributed by atoms with Crippen LogP contribution in [-0.2, 0) is 20.7 Å². The fourth-order valence-corrected chi connectivity index (χ4v) is 2.24. The number of carbonyl (C=O) groups excluding carboxylic acids is 2. The molecule has 0 saturated carbocycles. The molecule has 1 aromatic heterocycles. The van der Waals surface area contributed by atoms with Crippen LogP contribution in [0.2, 0.25) is 0 Å². The molecule has 0 aliphatic rings. The number of esters is 1. The van der Waals surface area contributed by atoms with Gasteiger partial charge in [-0.05, 0) is 20.8 Å². The van der Waals surface area contributed by atoms with Crippen molar-refractivity contribution in [2.75, 3.05) is 6.61 Å². The zero-order chi connectivity index (χ0) is 17.5. The topological polar surface area (TPSA) is 125 Å². The fraction of sp³-hybridized carbons (Fsp3) is 0.500. The molecule has 1 N–H and O–H groups in total. The van der Waals surface area contributed by atoms with Crippen LogP contribution >= 0.6 is 11.3 Å². The number of thiazole rings is 1. The molecular weight excluding hydrogens is 320 g/mol. The Morgan fingerprint density at radius 3 is 2.65 bits per heavy atom. The Hall–Kier alpha value is -2.65. The highest BCUT2D eigenvalue weighted by Gasteiger charge is 2.27. The van der Waals surface area contributed by atoms with E-state index in [0.29, 0.717) is 5.01 Å². The smallest absolute Gasteiger partial charge is 0.408 e. The summed E-state index contributed by atoms with van der Waals surface area (Å²) in [6, 6.07) is 2.50. The molecular formula is C14H16N4O4S. The molecule has 0 radical (unpaired) electrons. The lowest BCUT2D eigenvalue weighted by atomic mass is 10.2. The Morgan fingerprint density at radius 2 is 2.13 bits per heavy atom. The van der Waals surface area contributed by atoms with E-state index in [0.717, 1.165) is 0 Å². The Balaban J connectivity index is 2.80. The monoisotopic (exact) mass is 336 g/mol. The second-order valence-corrected chi connectivity index (χ2v) is 6.35. The minimum absolute atomic E-state index is 0.0376. The lowest BCUT2D eigenvalue weighted by Crippen LogP contribution is -2.45. The number of hydrogen-bond donors (Lipinski definition) is 1. The number of hydrogen-bond acceptors (Lipinski definition) is 8. The molecule has 1 amide bonds. The summed E-state index contributed by atoms with van der Waals surface area (Å²) in [5.74, 6) is -0.772. The molecule has 0 spiro atoms. The van der Waals surface area contributed by atoms with E-state index in [1.165, 1.54) is 11.3 Å². The SMILES string of the molecule is CC(C)(C)OC(=O)N[C@@H](Cc1nc(C#N)cs1)C(=O)OCC#N. The van der Waals surface area contributed by atoms with E-state index >= 15 is 0 Å². The van der Waals surface area contributed by atoms with Gasteiger partial charge in [-0.1, -0.05) is 0 Å². The van der Waals surface area contributed by atoms with Gasteiger partial charge >= 0.3 is 12.1 Å². The summed E-state index contributed by atoms with van der Waals surface area (Å²) in [5.41, 5.74) is -0.494. The van der Waals surface area contributed by atoms with Crippen LogP contribution in [0.25, 0.3) is 0 Å². The minimum Gasteiger partial charge on any atom is -0.449 e. The summed E-state index contributed by atoms with van der Waals surface area (Å²) in [6.07, 6.45) is -0.746. The van der Waals surface area contributed by atoms with Gasteiger partial charge in [0, 0.05) is 11.8 Å².